The number of para-hydroxylation sites is 1. The van der Waals surface area contributed by atoms with Crippen LogP contribution in [0.1, 0.15) is 16.5 Å². The second-order valence-corrected chi connectivity index (χ2v) is 6.63. The molecule has 0 aliphatic carbocycles. The molecule has 0 unspecified atom stereocenters. The highest BCUT2D eigenvalue weighted by Crippen LogP contribution is 2.39. The topological polar surface area (TPSA) is 32.3 Å². The van der Waals surface area contributed by atoms with Crippen LogP contribution < -0.4 is 5.32 Å². The summed E-state index contributed by atoms with van der Waals surface area (Å²) in [4.78, 5) is 14.0. The summed E-state index contributed by atoms with van der Waals surface area (Å²) in [5.74, 6) is 0.262. The Hall–Kier alpha value is -2.22. The highest BCUT2D eigenvalue weighted by molar-refractivity contribution is 7.99. The summed E-state index contributed by atoms with van der Waals surface area (Å²) in [7, 11) is 0. The van der Waals surface area contributed by atoms with Crippen LogP contribution in [0.3, 0.4) is 0 Å². The summed E-state index contributed by atoms with van der Waals surface area (Å²) in [5, 5.41) is 1.99. The number of anilines is 1. The molecule has 1 heterocycles. The molecule has 2 aromatic carbocycles. The fraction of sp³-hybridized carbons (Fsp3) is 0.235. The zero-order chi connectivity index (χ0) is 18.0. The molecule has 2 amide bonds. The summed E-state index contributed by atoms with van der Waals surface area (Å²) in [6, 6.07) is 9.96. The summed E-state index contributed by atoms with van der Waals surface area (Å²) in [5.41, 5.74) is -0.452. The Morgan fingerprint density at radius 1 is 1.12 bits per heavy atom. The molecule has 0 bridgehead atoms. The van der Waals surface area contributed by atoms with E-state index in [1.165, 1.54) is 47.0 Å². The van der Waals surface area contributed by atoms with Crippen molar-refractivity contribution in [2.75, 3.05) is 17.6 Å². The summed E-state index contributed by atoms with van der Waals surface area (Å²) in [6.07, 6.45) is -4.56. The van der Waals surface area contributed by atoms with Crippen molar-refractivity contribution in [3.63, 3.8) is 0 Å². The van der Waals surface area contributed by atoms with Crippen molar-refractivity contribution >= 4 is 23.5 Å². The third-order valence-electron chi connectivity index (χ3n) is 3.78. The van der Waals surface area contributed by atoms with Gasteiger partial charge in [0.25, 0.3) is 0 Å². The highest BCUT2D eigenvalue weighted by Gasteiger charge is 2.35. The van der Waals surface area contributed by atoms with Gasteiger partial charge >= 0.3 is 12.2 Å². The fourth-order valence-corrected chi connectivity index (χ4v) is 3.86. The molecule has 1 fully saturated rings. The number of carbonyl (C=O) groups is 1. The molecule has 1 aliphatic heterocycles. The van der Waals surface area contributed by atoms with Gasteiger partial charge in [0.05, 0.1) is 11.3 Å². The van der Waals surface area contributed by atoms with Gasteiger partial charge < -0.3 is 10.2 Å². The minimum atomic E-state index is -4.56. The van der Waals surface area contributed by atoms with Gasteiger partial charge in [0.15, 0.2) is 0 Å². The maximum atomic E-state index is 13.1. The SMILES string of the molecule is O=C(Nc1ccccc1C(F)(F)F)N1CCS[C@H]1c1ccc(F)cc1. The number of halogens is 4. The van der Waals surface area contributed by atoms with E-state index < -0.39 is 17.8 Å². The van der Waals surface area contributed by atoms with Crippen molar-refractivity contribution in [1.29, 1.82) is 0 Å². The van der Waals surface area contributed by atoms with Crippen LogP contribution in [-0.4, -0.2) is 23.2 Å². The lowest BCUT2D eigenvalue weighted by Crippen LogP contribution is -2.34. The second kappa shape index (κ2) is 6.95. The van der Waals surface area contributed by atoms with Gasteiger partial charge in [-0.05, 0) is 29.8 Å². The number of rotatable bonds is 2. The molecule has 132 valence electrons. The van der Waals surface area contributed by atoms with Gasteiger partial charge in [-0.1, -0.05) is 24.3 Å². The van der Waals surface area contributed by atoms with E-state index in [9.17, 15) is 22.4 Å². The van der Waals surface area contributed by atoms with Crippen molar-refractivity contribution < 1.29 is 22.4 Å². The third kappa shape index (κ3) is 3.89. The molecule has 1 saturated heterocycles. The van der Waals surface area contributed by atoms with Crippen molar-refractivity contribution in [2.24, 2.45) is 0 Å². The third-order valence-corrected chi connectivity index (χ3v) is 5.04. The average Bonchev–Trinajstić information content (AvgIpc) is 3.05. The molecule has 3 nitrogen and oxygen atoms in total. The minimum absolute atomic E-state index is 0.283. The normalized spacial score (nSPS) is 17.6. The first-order valence-electron chi connectivity index (χ1n) is 7.47. The first-order chi connectivity index (χ1) is 11.9. The Bertz CT molecular complexity index is 764. The smallest absolute Gasteiger partial charge is 0.308 e. The molecule has 25 heavy (non-hydrogen) atoms. The highest BCUT2D eigenvalue weighted by atomic mass is 32.2. The van der Waals surface area contributed by atoms with Crippen LogP contribution in [0.25, 0.3) is 0 Å². The van der Waals surface area contributed by atoms with Crippen LogP contribution in [0.15, 0.2) is 48.5 Å². The quantitative estimate of drug-likeness (QED) is 0.744. The van der Waals surface area contributed by atoms with Crippen LogP contribution in [0, 0.1) is 5.82 Å². The Balaban J connectivity index is 1.80. The van der Waals surface area contributed by atoms with E-state index in [4.69, 9.17) is 0 Å². The maximum Gasteiger partial charge on any atom is 0.418 e. The minimum Gasteiger partial charge on any atom is -0.308 e. The molecule has 3 rings (SSSR count). The fourth-order valence-electron chi connectivity index (χ4n) is 2.61. The molecule has 1 aliphatic rings. The first-order valence-corrected chi connectivity index (χ1v) is 8.52. The van der Waals surface area contributed by atoms with Crippen molar-refractivity contribution in [2.45, 2.75) is 11.6 Å². The molecule has 1 N–H and O–H groups in total. The monoisotopic (exact) mass is 370 g/mol. The Kier molecular flexibility index (Phi) is 4.89. The van der Waals surface area contributed by atoms with Gasteiger partial charge in [-0.15, -0.1) is 11.8 Å². The number of amides is 2. The van der Waals surface area contributed by atoms with Gasteiger partial charge in [-0.25, -0.2) is 9.18 Å². The molecule has 0 aromatic heterocycles. The second-order valence-electron chi connectivity index (χ2n) is 5.44. The number of nitrogens with zero attached hydrogens (tertiary/aromatic N) is 1. The van der Waals surface area contributed by atoms with Crippen molar-refractivity contribution in [1.82, 2.24) is 4.90 Å². The number of hydrogen-bond acceptors (Lipinski definition) is 2. The van der Waals surface area contributed by atoms with Crippen LogP contribution in [0.2, 0.25) is 0 Å². The van der Waals surface area contributed by atoms with Crippen LogP contribution in [0.4, 0.5) is 28.0 Å². The first kappa shape index (κ1) is 17.6. The molecule has 0 radical (unpaired) electrons. The summed E-state index contributed by atoms with van der Waals surface area (Å²) < 4.78 is 52.2. The molecule has 1 atom stereocenters. The number of thioether (sulfide) groups is 1. The number of carbonyl (C=O) groups excluding carboxylic acids is 1. The van der Waals surface area contributed by atoms with E-state index in [-0.39, 0.29) is 16.9 Å². The standard InChI is InChI=1S/C17H14F4N2OS/c18-12-7-5-11(6-8-12)15-23(9-10-25-15)16(24)22-14-4-2-1-3-13(14)17(19,20)21/h1-8,15H,9-10H2,(H,22,24)/t15-/m0/s1. The predicted molar refractivity (Wildman–Crippen MR) is 88.8 cm³/mol. The molecule has 8 heteroatoms. The largest absolute Gasteiger partial charge is 0.418 e. The molecular weight excluding hydrogens is 356 g/mol. The lowest BCUT2D eigenvalue weighted by Gasteiger charge is -2.25. The van der Waals surface area contributed by atoms with E-state index in [0.717, 1.165) is 11.6 Å². The van der Waals surface area contributed by atoms with Gasteiger partial charge in [-0.3, -0.25) is 0 Å². The van der Waals surface area contributed by atoms with Crippen molar-refractivity contribution in [3.05, 3.63) is 65.5 Å². The Morgan fingerprint density at radius 2 is 1.80 bits per heavy atom. The van der Waals surface area contributed by atoms with Gasteiger partial charge in [0, 0.05) is 12.3 Å². The summed E-state index contributed by atoms with van der Waals surface area (Å²) >= 11 is 1.48. The predicted octanol–water partition coefficient (Wildman–Crippen LogP) is 5.12. The Labute approximate surface area is 146 Å². The molecule has 0 spiro atoms. The van der Waals surface area contributed by atoms with Gasteiger partial charge in [0.2, 0.25) is 0 Å². The number of hydrogen-bond donors (Lipinski definition) is 1. The lowest BCUT2D eigenvalue weighted by molar-refractivity contribution is -0.136. The van der Waals surface area contributed by atoms with Crippen LogP contribution >= 0.6 is 11.8 Å². The van der Waals surface area contributed by atoms with Gasteiger partial charge in [-0.2, -0.15) is 13.2 Å². The molecule has 0 saturated carbocycles. The number of urea groups is 1. The van der Waals surface area contributed by atoms with Crippen LogP contribution in [-0.2, 0) is 6.18 Å². The molecule has 2 aromatic rings. The van der Waals surface area contributed by atoms with E-state index >= 15 is 0 Å². The number of nitrogens with one attached hydrogen (secondary N) is 1. The summed E-state index contributed by atoms with van der Waals surface area (Å²) in [6.45, 7) is 0.396. The lowest BCUT2D eigenvalue weighted by atomic mass is 10.1. The zero-order valence-electron chi connectivity index (χ0n) is 12.9. The van der Waals surface area contributed by atoms with Gasteiger partial charge in [0.1, 0.15) is 11.2 Å². The number of benzene rings is 2. The maximum absolute atomic E-state index is 13.1. The van der Waals surface area contributed by atoms with E-state index in [2.05, 4.69) is 5.32 Å². The average molecular weight is 370 g/mol. The van der Waals surface area contributed by atoms with E-state index in [1.807, 2.05) is 0 Å². The molecular formula is C17H14F4N2OS. The zero-order valence-corrected chi connectivity index (χ0v) is 13.7. The van der Waals surface area contributed by atoms with E-state index in [0.29, 0.717) is 12.3 Å². The number of alkyl halides is 3. The van der Waals surface area contributed by atoms with E-state index in [1.54, 1.807) is 12.1 Å². The Morgan fingerprint density at radius 3 is 2.48 bits per heavy atom. The van der Waals surface area contributed by atoms with Crippen molar-refractivity contribution in [3.8, 4) is 0 Å². The van der Waals surface area contributed by atoms with Crippen LogP contribution in [0.5, 0.6) is 0 Å².